The standard InChI is InChI=1S/C16H24N2O4/c1-16(8-9-21-11-13(10-19)17-2)15(20)22-14(18-16)12-6-4-3-5-7-12/h3-7,13-14,17-19H,8-11H2,1-2H3/t13?,14?,16-/m1/s1. The van der Waals surface area contributed by atoms with E-state index in [1.165, 1.54) is 0 Å². The fourth-order valence-electron chi connectivity index (χ4n) is 2.30. The molecule has 3 N–H and O–H groups in total. The van der Waals surface area contributed by atoms with Gasteiger partial charge in [0.2, 0.25) is 0 Å². The molecule has 0 radical (unpaired) electrons. The average molecular weight is 308 g/mol. The van der Waals surface area contributed by atoms with E-state index in [4.69, 9.17) is 14.6 Å². The second kappa shape index (κ2) is 7.69. The highest BCUT2D eigenvalue weighted by molar-refractivity contribution is 5.82. The van der Waals surface area contributed by atoms with Crippen LogP contribution in [0.15, 0.2) is 30.3 Å². The highest BCUT2D eigenvalue weighted by Gasteiger charge is 2.44. The van der Waals surface area contributed by atoms with Crippen LogP contribution in [0.5, 0.6) is 0 Å². The molecule has 1 aliphatic rings. The molecule has 1 saturated heterocycles. The number of aliphatic hydroxyl groups excluding tert-OH is 1. The summed E-state index contributed by atoms with van der Waals surface area (Å²) in [6, 6.07) is 9.51. The molecule has 2 rings (SSSR count). The monoisotopic (exact) mass is 308 g/mol. The molecule has 1 aromatic rings. The Morgan fingerprint density at radius 1 is 1.45 bits per heavy atom. The minimum atomic E-state index is -0.755. The normalized spacial score (nSPS) is 26.0. The summed E-state index contributed by atoms with van der Waals surface area (Å²) < 4.78 is 10.9. The van der Waals surface area contributed by atoms with Crippen LogP contribution in [0.4, 0.5) is 0 Å². The van der Waals surface area contributed by atoms with Gasteiger partial charge in [-0.15, -0.1) is 0 Å². The summed E-state index contributed by atoms with van der Waals surface area (Å²) in [5.74, 6) is -0.266. The van der Waals surface area contributed by atoms with Crippen LogP contribution in [0, 0.1) is 0 Å². The van der Waals surface area contributed by atoms with Gasteiger partial charge >= 0.3 is 5.97 Å². The Labute approximate surface area is 130 Å². The van der Waals surface area contributed by atoms with Gasteiger partial charge in [-0.05, 0) is 20.4 Å². The lowest BCUT2D eigenvalue weighted by atomic mass is 9.99. The van der Waals surface area contributed by atoms with E-state index in [1.54, 1.807) is 7.05 Å². The Morgan fingerprint density at radius 2 is 2.18 bits per heavy atom. The second-order valence-corrected chi connectivity index (χ2v) is 5.67. The van der Waals surface area contributed by atoms with E-state index in [9.17, 15) is 4.79 Å². The van der Waals surface area contributed by atoms with Crippen LogP contribution in [-0.2, 0) is 14.3 Å². The van der Waals surface area contributed by atoms with Crippen molar-refractivity contribution in [2.24, 2.45) is 0 Å². The Bertz CT molecular complexity index is 478. The second-order valence-electron chi connectivity index (χ2n) is 5.67. The maximum absolute atomic E-state index is 12.1. The van der Waals surface area contributed by atoms with Gasteiger partial charge < -0.3 is 19.9 Å². The summed E-state index contributed by atoms with van der Waals surface area (Å²) in [6.45, 7) is 2.66. The molecule has 1 heterocycles. The highest BCUT2D eigenvalue weighted by Crippen LogP contribution is 2.29. The van der Waals surface area contributed by atoms with Crippen LogP contribution in [0.3, 0.4) is 0 Å². The number of aliphatic hydroxyl groups is 1. The highest BCUT2D eigenvalue weighted by atomic mass is 16.6. The van der Waals surface area contributed by atoms with Gasteiger partial charge in [0, 0.05) is 12.2 Å². The van der Waals surface area contributed by atoms with E-state index in [0.717, 1.165) is 5.56 Å². The molecule has 0 aliphatic carbocycles. The number of benzene rings is 1. The third-order valence-corrected chi connectivity index (χ3v) is 3.92. The Kier molecular flexibility index (Phi) is 5.90. The Hall–Kier alpha value is -1.47. The molecule has 6 heteroatoms. The molecule has 122 valence electrons. The largest absolute Gasteiger partial charge is 0.441 e. The van der Waals surface area contributed by atoms with E-state index in [1.807, 2.05) is 37.3 Å². The topological polar surface area (TPSA) is 79.8 Å². The average Bonchev–Trinajstić information content (AvgIpc) is 2.84. The lowest BCUT2D eigenvalue weighted by Gasteiger charge is -2.21. The molecule has 1 aliphatic heterocycles. The summed E-state index contributed by atoms with van der Waals surface area (Å²) >= 11 is 0. The summed E-state index contributed by atoms with van der Waals surface area (Å²) in [6.07, 6.45) is 0.0954. The predicted octanol–water partition coefficient (Wildman–Crippen LogP) is 0.577. The van der Waals surface area contributed by atoms with Crippen molar-refractivity contribution in [2.75, 3.05) is 26.9 Å². The van der Waals surface area contributed by atoms with Crippen LogP contribution in [0.2, 0.25) is 0 Å². The number of carbonyl (C=O) groups excluding carboxylic acids is 1. The van der Waals surface area contributed by atoms with Gasteiger partial charge in [-0.3, -0.25) is 5.32 Å². The zero-order valence-electron chi connectivity index (χ0n) is 13.0. The van der Waals surface area contributed by atoms with Crippen molar-refractivity contribution in [2.45, 2.75) is 31.2 Å². The minimum absolute atomic E-state index is 0.0180. The molecule has 0 aromatic heterocycles. The molecule has 3 atom stereocenters. The van der Waals surface area contributed by atoms with E-state index < -0.39 is 11.8 Å². The van der Waals surface area contributed by atoms with Gasteiger partial charge in [0.15, 0.2) is 6.23 Å². The summed E-state index contributed by atoms with van der Waals surface area (Å²) in [5.41, 5.74) is 0.172. The summed E-state index contributed by atoms with van der Waals surface area (Å²) in [7, 11) is 1.77. The number of hydrogen-bond donors (Lipinski definition) is 3. The SMILES string of the molecule is CNC(CO)COCC[C@@]1(C)NC(c2ccccc2)OC1=O. The van der Waals surface area contributed by atoms with Gasteiger partial charge in [0.25, 0.3) is 0 Å². The quantitative estimate of drug-likeness (QED) is 0.481. The van der Waals surface area contributed by atoms with Crippen molar-refractivity contribution in [3.8, 4) is 0 Å². The van der Waals surface area contributed by atoms with Crippen LogP contribution >= 0.6 is 0 Å². The summed E-state index contributed by atoms with van der Waals surface area (Å²) in [4.78, 5) is 12.1. The van der Waals surface area contributed by atoms with Gasteiger partial charge in [-0.1, -0.05) is 30.3 Å². The van der Waals surface area contributed by atoms with Gasteiger partial charge in [0.1, 0.15) is 5.54 Å². The zero-order chi connectivity index (χ0) is 16.0. The van der Waals surface area contributed by atoms with Crippen molar-refractivity contribution >= 4 is 5.97 Å². The van der Waals surface area contributed by atoms with Crippen molar-refractivity contribution in [1.29, 1.82) is 0 Å². The number of carbonyl (C=O) groups is 1. The van der Waals surface area contributed by atoms with Crippen molar-refractivity contribution in [3.05, 3.63) is 35.9 Å². The van der Waals surface area contributed by atoms with Crippen molar-refractivity contribution in [3.63, 3.8) is 0 Å². The smallest absolute Gasteiger partial charge is 0.328 e. The number of ether oxygens (including phenoxy) is 2. The molecule has 0 amide bonds. The Morgan fingerprint density at radius 3 is 2.82 bits per heavy atom. The van der Waals surface area contributed by atoms with E-state index >= 15 is 0 Å². The third-order valence-electron chi connectivity index (χ3n) is 3.92. The fourth-order valence-corrected chi connectivity index (χ4v) is 2.30. The maximum Gasteiger partial charge on any atom is 0.328 e. The molecule has 0 saturated carbocycles. The third kappa shape index (κ3) is 4.04. The molecular formula is C16H24N2O4. The number of hydrogen-bond acceptors (Lipinski definition) is 6. The minimum Gasteiger partial charge on any atom is -0.441 e. The molecule has 0 bridgehead atoms. The van der Waals surface area contributed by atoms with Crippen LogP contribution < -0.4 is 10.6 Å². The van der Waals surface area contributed by atoms with Crippen molar-refractivity contribution < 1.29 is 19.4 Å². The van der Waals surface area contributed by atoms with Crippen LogP contribution in [-0.4, -0.2) is 49.5 Å². The van der Waals surface area contributed by atoms with Gasteiger partial charge in [0.05, 0.1) is 19.3 Å². The Balaban J connectivity index is 1.84. The van der Waals surface area contributed by atoms with Gasteiger partial charge in [-0.2, -0.15) is 0 Å². The van der Waals surface area contributed by atoms with E-state index in [-0.39, 0.29) is 18.6 Å². The number of cyclic esters (lactones) is 1. The van der Waals surface area contributed by atoms with E-state index in [0.29, 0.717) is 19.6 Å². The molecule has 22 heavy (non-hydrogen) atoms. The molecule has 6 nitrogen and oxygen atoms in total. The zero-order valence-corrected chi connectivity index (χ0v) is 13.0. The fraction of sp³-hybridized carbons (Fsp3) is 0.562. The maximum atomic E-state index is 12.1. The lowest BCUT2D eigenvalue weighted by Crippen LogP contribution is -2.44. The molecule has 0 spiro atoms. The van der Waals surface area contributed by atoms with Crippen molar-refractivity contribution in [1.82, 2.24) is 10.6 Å². The molecule has 2 unspecified atom stereocenters. The first-order valence-corrected chi connectivity index (χ1v) is 7.48. The first-order valence-electron chi connectivity index (χ1n) is 7.48. The first-order chi connectivity index (χ1) is 10.6. The van der Waals surface area contributed by atoms with Crippen LogP contribution in [0.25, 0.3) is 0 Å². The predicted molar refractivity (Wildman–Crippen MR) is 82.2 cm³/mol. The van der Waals surface area contributed by atoms with Gasteiger partial charge in [-0.25, -0.2) is 4.79 Å². The number of nitrogens with one attached hydrogen (secondary N) is 2. The van der Waals surface area contributed by atoms with Crippen LogP contribution in [0.1, 0.15) is 25.1 Å². The number of esters is 1. The number of likely N-dealkylation sites (N-methyl/N-ethyl adjacent to an activating group) is 1. The summed E-state index contributed by atoms with van der Waals surface area (Å²) in [5, 5.41) is 15.2. The van der Waals surface area contributed by atoms with E-state index in [2.05, 4.69) is 10.6 Å². The first kappa shape index (κ1) is 16.9. The molecular weight excluding hydrogens is 284 g/mol. The molecule has 1 aromatic carbocycles. The number of rotatable bonds is 8. The lowest BCUT2D eigenvalue weighted by molar-refractivity contribution is -0.145. The molecule has 1 fully saturated rings.